The molecular weight excluding hydrogens is 450 g/mol. The molecule has 0 fully saturated rings. The second-order valence-electron chi connectivity index (χ2n) is 7.31. The molecule has 0 radical (unpaired) electrons. The average molecular weight is 473 g/mol. The topological polar surface area (TPSA) is 49.4 Å². The van der Waals surface area contributed by atoms with Crippen molar-refractivity contribution in [2.45, 2.75) is 25.4 Å². The van der Waals surface area contributed by atoms with Crippen molar-refractivity contribution in [3.05, 3.63) is 105 Å². The number of hydrogen-bond donors (Lipinski definition) is 1. The molecule has 0 saturated heterocycles. The molecule has 1 N–H and O–H groups in total. The van der Waals surface area contributed by atoms with Gasteiger partial charge in [0, 0.05) is 35.6 Å². The van der Waals surface area contributed by atoms with E-state index in [0.29, 0.717) is 15.6 Å². The van der Waals surface area contributed by atoms with Crippen molar-refractivity contribution in [2.24, 2.45) is 0 Å². The van der Waals surface area contributed by atoms with E-state index in [-0.39, 0.29) is 30.9 Å². The minimum absolute atomic E-state index is 0.0106. The highest BCUT2D eigenvalue weighted by Gasteiger charge is 2.31. The largest absolute Gasteiger partial charge is 0.357 e. The number of carbonyl (C=O) groups excluding carboxylic acids is 2. The molecular formula is C25H23Cl2FN2O2. The summed E-state index contributed by atoms with van der Waals surface area (Å²) < 4.78 is 14.2. The third kappa shape index (κ3) is 5.87. The number of nitrogens with zero attached hydrogens (tertiary/aromatic N) is 1. The van der Waals surface area contributed by atoms with Crippen LogP contribution in [0.4, 0.5) is 4.39 Å². The van der Waals surface area contributed by atoms with E-state index in [9.17, 15) is 14.0 Å². The highest BCUT2D eigenvalue weighted by atomic mass is 35.5. The van der Waals surface area contributed by atoms with Crippen LogP contribution in [0.15, 0.2) is 72.8 Å². The lowest BCUT2D eigenvalue weighted by molar-refractivity contribution is -0.140. The smallest absolute Gasteiger partial charge is 0.242 e. The first-order valence-electron chi connectivity index (χ1n) is 10.1. The Morgan fingerprint density at radius 1 is 0.938 bits per heavy atom. The summed E-state index contributed by atoms with van der Waals surface area (Å²) in [5.74, 6) is -1.22. The number of nitrogens with one attached hydrogen (secondary N) is 1. The highest BCUT2D eigenvalue weighted by molar-refractivity contribution is 6.36. The van der Waals surface area contributed by atoms with E-state index in [1.54, 1.807) is 36.4 Å². The van der Waals surface area contributed by atoms with Crippen LogP contribution >= 0.6 is 23.2 Å². The second-order valence-corrected chi connectivity index (χ2v) is 8.12. The van der Waals surface area contributed by atoms with Gasteiger partial charge in [0.15, 0.2) is 0 Å². The van der Waals surface area contributed by atoms with E-state index in [1.165, 1.54) is 18.0 Å². The maximum atomic E-state index is 14.2. The number of halogens is 3. The van der Waals surface area contributed by atoms with Gasteiger partial charge < -0.3 is 10.2 Å². The van der Waals surface area contributed by atoms with Crippen LogP contribution in [-0.4, -0.2) is 29.8 Å². The van der Waals surface area contributed by atoms with Crippen LogP contribution in [-0.2, 0) is 29.0 Å². The summed E-state index contributed by atoms with van der Waals surface area (Å²) in [5.41, 5.74) is 1.66. The lowest BCUT2D eigenvalue weighted by Gasteiger charge is -2.32. The number of rotatable bonds is 8. The fraction of sp³-hybridized carbons (Fsp3) is 0.200. The van der Waals surface area contributed by atoms with Crippen LogP contribution < -0.4 is 5.32 Å². The lowest BCUT2D eigenvalue weighted by atomic mass is 10.0. The van der Waals surface area contributed by atoms with Crippen molar-refractivity contribution < 1.29 is 14.0 Å². The standard InChI is InChI=1S/C25H23Cl2FN2O2/c1-29-25(32)23(14-17-8-3-2-4-9-17)30(16-19-20(26)11-7-12-21(19)27)24(31)15-18-10-5-6-13-22(18)28/h2-13,23H,14-16H2,1H3,(H,29,32). The predicted molar refractivity (Wildman–Crippen MR) is 125 cm³/mol. The first-order valence-corrected chi connectivity index (χ1v) is 10.9. The summed E-state index contributed by atoms with van der Waals surface area (Å²) in [6.45, 7) is 0.0106. The first-order chi connectivity index (χ1) is 15.4. The maximum Gasteiger partial charge on any atom is 0.242 e. The van der Waals surface area contributed by atoms with Gasteiger partial charge in [-0.1, -0.05) is 77.8 Å². The zero-order valence-corrected chi connectivity index (χ0v) is 19.0. The molecule has 0 aliphatic carbocycles. The van der Waals surface area contributed by atoms with Crippen molar-refractivity contribution in [3.8, 4) is 0 Å². The van der Waals surface area contributed by atoms with Gasteiger partial charge in [-0.2, -0.15) is 0 Å². The SMILES string of the molecule is CNC(=O)C(Cc1ccccc1)N(Cc1c(Cl)cccc1Cl)C(=O)Cc1ccccc1F. The van der Waals surface area contributed by atoms with Crippen molar-refractivity contribution in [3.63, 3.8) is 0 Å². The molecule has 3 rings (SSSR count). The second kappa shape index (κ2) is 11.1. The van der Waals surface area contributed by atoms with Crippen LogP contribution in [0.25, 0.3) is 0 Å². The van der Waals surface area contributed by atoms with E-state index < -0.39 is 17.8 Å². The molecule has 4 nitrogen and oxygen atoms in total. The van der Waals surface area contributed by atoms with Crippen molar-refractivity contribution in [2.75, 3.05) is 7.05 Å². The molecule has 0 aliphatic heterocycles. The molecule has 0 bridgehead atoms. The molecule has 0 spiro atoms. The lowest BCUT2D eigenvalue weighted by Crippen LogP contribution is -2.50. The van der Waals surface area contributed by atoms with E-state index in [1.807, 2.05) is 30.3 Å². The minimum atomic E-state index is -0.839. The van der Waals surface area contributed by atoms with Gasteiger partial charge in [-0.3, -0.25) is 9.59 Å². The Balaban J connectivity index is 2.01. The number of likely N-dealkylation sites (N-methyl/N-ethyl adjacent to an activating group) is 1. The summed E-state index contributed by atoms with van der Waals surface area (Å²) in [7, 11) is 1.52. The Morgan fingerprint density at radius 2 is 1.56 bits per heavy atom. The van der Waals surface area contributed by atoms with Crippen LogP contribution in [0.5, 0.6) is 0 Å². The fourth-order valence-electron chi connectivity index (χ4n) is 3.48. The molecule has 1 atom stereocenters. The summed E-state index contributed by atoms with van der Waals surface area (Å²) in [6.07, 6.45) is 0.0859. The Morgan fingerprint density at radius 3 is 2.19 bits per heavy atom. The summed E-state index contributed by atoms with van der Waals surface area (Å²) in [4.78, 5) is 27.8. The Bertz CT molecular complexity index is 1070. The zero-order valence-electron chi connectivity index (χ0n) is 17.5. The molecule has 0 aliphatic rings. The summed E-state index contributed by atoms with van der Waals surface area (Å²) in [5, 5.41) is 3.41. The molecule has 32 heavy (non-hydrogen) atoms. The van der Waals surface area contributed by atoms with Crippen LogP contribution in [0.1, 0.15) is 16.7 Å². The van der Waals surface area contributed by atoms with E-state index in [0.717, 1.165) is 5.56 Å². The van der Waals surface area contributed by atoms with Gasteiger partial charge in [-0.25, -0.2) is 4.39 Å². The van der Waals surface area contributed by atoms with Crippen molar-refractivity contribution >= 4 is 35.0 Å². The van der Waals surface area contributed by atoms with Gasteiger partial charge in [0.05, 0.1) is 6.42 Å². The number of amides is 2. The molecule has 3 aromatic carbocycles. The Labute approximate surface area is 197 Å². The number of benzene rings is 3. The normalized spacial score (nSPS) is 11.6. The molecule has 7 heteroatoms. The van der Waals surface area contributed by atoms with Gasteiger partial charge in [-0.15, -0.1) is 0 Å². The van der Waals surface area contributed by atoms with Gasteiger partial charge in [0.1, 0.15) is 11.9 Å². The van der Waals surface area contributed by atoms with Crippen LogP contribution in [0.2, 0.25) is 10.0 Å². The zero-order chi connectivity index (χ0) is 23.1. The van der Waals surface area contributed by atoms with Crippen molar-refractivity contribution in [1.29, 1.82) is 0 Å². The summed E-state index contributed by atoms with van der Waals surface area (Å²) >= 11 is 12.7. The maximum absolute atomic E-state index is 14.2. The number of carbonyl (C=O) groups is 2. The highest BCUT2D eigenvalue weighted by Crippen LogP contribution is 2.27. The minimum Gasteiger partial charge on any atom is -0.357 e. The van der Waals surface area contributed by atoms with Gasteiger partial charge in [-0.05, 0) is 29.3 Å². The van der Waals surface area contributed by atoms with Crippen LogP contribution in [0.3, 0.4) is 0 Å². The number of hydrogen-bond acceptors (Lipinski definition) is 2. The van der Waals surface area contributed by atoms with Crippen molar-refractivity contribution in [1.82, 2.24) is 10.2 Å². The molecule has 0 saturated carbocycles. The molecule has 2 amide bonds. The monoisotopic (exact) mass is 472 g/mol. The molecule has 1 unspecified atom stereocenters. The summed E-state index contributed by atoms with van der Waals surface area (Å²) in [6, 6.07) is 19.7. The van der Waals surface area contributed by atoms with Gasteiger partial charge >= 0.3 is 0 Å². The van der Waals surface area contributed by atoms with E-state index in [2.05, 4.69) is 5.32 Å². The predicted octanol–water partition coefficient (Wildman–Crippen LogP) is 5.06. The van der Waals surface area contributed by atoms with Gasteiger partial charge in [0.2, 0.25) is 11.8 Å². The Hall–Kier alpha value is -2.89. The first kappa shape index (κ1) is 23.8. The van der Waals surface area contributed by atoms with Gasteiger partial charge in [0.25, 0.3) is 0 Å². The average Bonchev–Trinajstić information content (AvgIpc) is 2.79. The van der Waals surface area contributed by atoms with E-state index in [4.69, 9.17) is 23.2 Å². The molecule has 3 aromatic rings. The quantitative estimate of drug-likeness (QED) is 0.497. The third-order valence-corrected chi connectivity index (χ3v) is 5.92. The fourth-order valence-corrected chi connectivity index (χ4v) is 4.00. The van der Waals surface area contributed by atoms with Crippen LogP contribution in [0, 0.1) is 5.82 Å². The third-order valence-electron chi connectivity index (χ3n) is 5.21. The molecule has 166 valence electrons. The molecule has 0 heterocycles. The van der Waals surface area contributed by atoms with E-state index >= 15 is 0 Å². The Kier molecular flexibility index (Phi) is 8.26. The molecule has 0 aromatic heterocycles.